The Labute approximate surface area is 188 Å². The second kappa shape index (κ2) is 9.44. The van der Waals surface area contributed by atoms with Crippen LogP contribution in [0, 0.1) is 12.7 Å². The molecule has 7 nitrogen and oxygen atoms in total. The van der Waals surface area contributed by atoms with Gasteiger partial charge in [-0.2, -0.15) is 9.78 Å². The molecule has 1 amide bonds. The number of hydrogen-bond donors (Lipinski definition) is 1. The van der Waals surface area contributed by atoms with Crippen LogP contribution in [0.3, 0.4) is 0 Å². The summed E-state index contributed by atoms with van der Waals surface area (Å²) in [5.41, 5.74) is 0.622. The zero-order valence-corrected chi connectivity index (χ0v) is 17.9. The number of hydrogen-bond acceptors (Lipinski definition) is 4. The van der Waals surface area contributed by atoms with Gasteiger partial charge in [-0.15, -0.1) is 0 Å². The van der Waals surface area contributed by atoms with Crippen LogP contribution in [0.1, 0.15) is 27.2 Å². The van der Waals surface area contributed by atoms with E-state index in [4.69, 9.17) is 0 Å². The lowest BCUT2D eigenvalue weighted by atomic mass is 10.1. The minimum Gasteiger partial charge on any atom is -0.346 e. The van der Waals surface area contributed by atoms with Gasteiger partial charge < -0.3 is 5.32 Å². The average molecular weight is 444 g/mol. The zero-order valence-electron chi connectivity index (χ0n) is 17.9. The average Bonchev–Trinajstić information content (AvgIpc) is 2.82. The van der Waals surface area contributed by atoms with Crippen LogP contribution in [0.4, 0.5) is 4.39 Å². The van der Waals surface area contributed by atoms with E-state index in [1.165, 1.54) is 18.2 Å². The van der Waals surface area contributed by atoms with Crippen LogP contribution in [0.25, 0.3) is 5.69 Å². The fourth-order valence-electron chi connectivity index (χ4n) is 3.31. The molecule has 4 aromatic rings. The molecule has 4 rings (SSSR count). The minimum absolute atomic E-state index is 0.0608. The number of aromatic nitrogens is 3. The van der Waals surface area contributed by atoms with Crippen molar-refractivity contribution in [1.82, 2.24) is 19.7 Å². The zero-order chi connectivity index (χ0) is 23.4. The molecule has 1 N–H and O–H groups in total. The first-order chi connectivity index (χ1) is 15.9. The molecule has 0 spiro atoms. The molecule has 0 saturated heterocycles. The number of aryl methyl sites for hydroxylation is 1. The molecule has 0 aliphatic carbocycles. The van der Waals surface area contributed by atoms with E-state index >= 15 is 0 Å². The van der Waals surface area contributed by atoms with Gasteiger partial charge in [-0.05, 0) is 36.2 Å². The van der Waals surface area contributed by atoms with Crippen LogP contribution in [0.15, 0.2) is 88.5 Å². The summed E-state index contributed by atoms with van der Waals surface area (Å²) in [7, 11) is 0. The molecule has 8 heteroatoms. The van der Waals surface area contributed by atoms with E-state index < -0.39 is 28.7 Å². The van der Waals surface area contributed by atoms with Crippen LogP contribution in [0.2, 0.25) is 0 Å². The molecular weight excluding hydrogens is 423 g/mol. The normalized spacial score (nSPS) is 10.7. The fraction of sp³-hybridized carbons (Fsp3) is 0.120. The highest BCUT2D eigenvalue weighted by atomic mass is 19.1. The molecule has 33 heavy (non-hydrogen) atoms. The molecule has 3 aromatic carbocycles. The SMILES string of the molecule is Cc1ccc(Cn2c(=O)c(C(=O)NCc3ccccc3)nn(-c3cccc(F)c3)c2=O)cc1. The van der Waals surface area contributed by atoms with Crippen molar-refractivity contribution in [2.24, 2.45) is 0 Å². The number of carbonyl (C=O) groups excluding carboxylic acids is 1. The van der Waals surface area contributed by atoms with Gasteiger partial charge in [0.15, 0.2) is 0 Å². The Balaban J connectivity index is 1.78. The van der Waals surface area contributed by atoms with E-state index in [-0.39, 0.29) is 18.8 Å². The smallest absolute Gasteiger partial charge is 0.346 e. The van der Waals surface area contributed by atoms with E-state index in [9.17, 15) is 18.8 Å². The molecule has 0 unspecified atom stereocenters. The van der Waals surface area contributed by atoms with Gasteiger partial charge in [0.2, 0.25) is 5.69 Å². The van der Waals surface area contributed by atoms with Crippen LogP contribution >= 0.6 is 0 Å². The molecule has 0 aliphatic rings. The standard InChI is InChI=1S/C25H21FN4O3/c1-17-10-12-19(13-11-17)16-29-24(32)22(23(31)27-15-18-6-3-2-4-7-18)28-30(25(29)33)21-9-5-8-20(26)14-21/h2-14H,15-16H2,1H3,(H,27,31). The largest absolute Gasteiger partial charge is 0.352 e. The summed E-state index contributed by atoms with van der Waals surface area (Å²) in [4.78, 5) is 39.1. The predicted molar refractivity (Wildman–Crippen MR) is 122 cm³/mol. The van der Waals surface area contributed by atoms with Crippen LogP contribution in [-0.2, 0) is 13.1 Å². The Morgan fingerprint density at radius 1 is 0.939 bits per heavy atom. The highest BCUT2D eigenvalue weighted by Crippen LogP contribution is 2.08. The van der Waals surface area contributed by atoms with E-state index in [1.54, 1.807) is 12.1 Å². The Morgan fingerprint density at radius 3 is 2.36 bits per heavy atom. The lowest BCUT2D eigenvalue weighted by molar-refractivity contribution is 0.0941. The van der Waals surface area contributed by atoms with E-state index in [0.29, 0.717) is 5.56 Å². The third kappa shape index (κ3) is 4.95. The first-order valence-corrected chi connectivity index (χ1v) is 10.3. The summed E-state index contributed by atoms with van der Waals surface area (Å²) < 4.78 is 15.6. The Bertz CT molecular complexity index is 1410. The van der Waals surface area contributed by atoms with Crippen molar-refractivity contribution in [1.29, 1.82) is 0 Å². The maximum Gasteiger partial charge on any atom is 0.352 e. The van der Waals surface area contributed by atoms with Crippen molar-refractivity contribution in [3.05, 3.63) is 128 Å². The molecule has 0 bridgehead atoms. The molecule has 0 atom stereocenters. The summed E-state index contributed by atoms with van der Waals surface area (Å²) in [6.07, 6.45) is 0. The minimum atomic E-state index is -0.821. The highest BCUT2D eigenvalue weighted by molar-refractivity contribution is 5.91. The summed E-state index contributed by atoms with van der Waals surface area (Å²) in [5, 5.41) is 6.66. The van der Waals surface area contributed by atoms with Crippen molar-refractivity contribution >= 4 is 5.91 Å². The number of nitrogens with zero attached hydrogens (tertiary/aromatic N) is 3. The number of rotatable bonds is 6. The van der Waals surface area contributed by atoms with Crippen molar-refractivity contribution in [3.8, 4) is 5.69 Å². The molecular formula is C25H21FN4O3. The first-order valence-electron chi connectivity index (χ1n) is 10.3. The molecule has 0 radical (unpaired) electrons. The van der Waals surface area contributed by atoms with Gasteiger partial charge in [-0.1, -0.05) is 66.2 Å². The van der Waals surface area contributed by atoms with Crippen LogP contribution < -0.4 is 16.6 Å². The maximum absolute atomic E-state index is 13.8. The van der Waals surface area contributed by atoms with Crippen molar-refractivity contribution in [3.63, 3.8) is 0 Å². The second-order valence-electron chi connectivity index (χ2n) is 7.57. The van der Waals surface area contributed by atoms with Crippen LogP contribution in [0.5, 0.6) is 0 Å². The monoisotopic (exact) mass is 444 g/mol. The summed E-state index contributed by atoms with van der Waals surface area (Å²) in [6.45, 7) is 2.04. The highest BCUT2D eigenvalue weighted by Gasteiger charge is 2.20. The van der Waals surface area contributed by atoms with E-state index in [1.807, 2.05) is 49.4 Å². The van der Waals surface area contributed by atoms with Crippen molar-refractivity contribution in [2.75, 3.05) is 0 Å². The van der Waals surface area contributed by atoms with E-state index in [2.05, 4.69) is 10.4 Å². The number of nitrogens with one attached hydrogen (secondary N) is 1. The quantitative estimate of drug-likeness (QED) is 0.496. The van der Waals surface area contributed by atoms with Crippen molar-refractivity contribution in [2.45, 2.75) is 20.0 Å². The van der Waals surface area contributed by atoms with Gasteiger partial charge >= 0.3 is 5.69 Å². The number of carbonyl (C=O) groups is 1. The van der Waals surface area contributed by atoms with Gasteiger partial charge in [0.05, 0.1) is 12.2 Å². The number of benzene rings is 3. The topological polar surface area (TPSA) is 86.0 Å². The van der Waals surface area contributed by atoms with Gasteiger partial charge in [0.1, 0.15) is 5.82 Å². The number of amides is 1. The van der Waals surface area contributed by atoms with Gasteiger partial charge in [0.25, 0.3) is 11.5 Å². The Kier molecular flexibility index (Phi) is 6.26. The van der Waals surface area contributed by atoms with Crippen molar-refractivity contribution < 1.29 is 9.18 Å². The third-order valence-electron chi connectivity index (χ3n) is 5.08. The first kappa shape index (κ1) is 21.9. The Hall–Kier alpha value is -4.33. The van der Waals surface area contributed by atoms with E-state index in [0.717, 1.165) is 26.4 Å². The number of halogens is 1. The third-order valence-corrected chi connectivity index (χ3v) is 5.08. The molecule has 0 fully saturated rings. The molecule has 0 aliphatic heterocycles. The predicted octanol–water partition coefficient (Wildman–Crippen LogP) is 2.82. The maximum atomic E-state index is 13.8. The Morgan fingerprint density at radius 2 is 1.67 bits per heavy atom. The molecule has 1 heterocycles. The molecule has 166 valence electrons. The van der Waals surface area contributed by atoms with Gasteiger partial charge in [-0.3, -0.25) is 14.2 Å². The van der Waals surface area contributed by atoms with Gasteiger partial charge in [0, 0.05) is 6.54 Å². The molecule has 1 aromatic heterocycles. The second-order valence-corrected chi connectivity index (χ2v) is 7.57. The fourth-order valence-corrected chi connectivity index (χ4v) is 3.31. The van der Waals surface area contributed by atoms with Crippen LogP contribution in [-0.4, -0.2) is 20.3 Å². The summed E-state index contributed by atoms with van der Waals surface area (Å²) in [6, 6.07) is 21.7. The summed E-state index contributed by atoms with van der Waals surface area (Å²) >= 11 is 0. The lowest BCUT2D eigenvalue weighted by Crippen LogP contribution is -2.46. The van der Waals surface area contributed by atoms with Gasteiger partial charge in [-0.25, -0.2) is 9.18 Å². The molecule has 0 saturated carbocycles. The lowest BCUT2D eigenvalue weighted by Gasteiger charge is -2.12. The summed E-state index contributed by atoms with van der Waals surface area (Å²) in [5.74, 6) is -1.31.